The van der Waals surface area contributed by atoms with E-state index in [0.29, 0.717) is 25.4 Å². The third kappa shape index (κ3) is 4.03. The molecule has 1 aromatic rings. The van der Waals surface area contributed by atoms with Gasteiger partial charge in [-0.2, -0.15) is 0 Å². The summed E-state index contributed by atoms with van der Waals surface area (Å²) >= 11 is 0. The lowest BCUT2D eigenvalue weighted by Gasteiger charge is -2.06. The van der Waals surface area contributed by atoms with Gasteiger partial charge >= 0.3 is 5.97 Å². The van der Waals surface area contributed by atoms with E-state index in [4.69, 9.17) is 16.3 Å². The van der Waals surface area contributed by atoms with Crippen molar-refractivity contribution in [3.63, 3.8) is 0 Å². The maximum Gasteiger partial charge on any atom is 0.335 e. The minimum atomic E-state index is -0.962. The van der Waals surface area contributed by atoms with Gasteiger partial charge in [-0.1, -0.05) is 12.0 Å². The van der Waals surface area contributed by atoms with Gasteiger partial charge in [0, 0.05) is 6.54 Å². The Labute approximate surface area is 94.2 Å². The molecule has 2 N–H and O–H groups in total. The average molecular weight is 219 g/mol. The third-order valence-corrected chi connectivity index (χ3v) is 1.86. The van der Waals surface area contributed by atoms with Crippen LogP contribution in [0.4, 0.5) is 0 Å². The van der Waals surface area contributed by atoms with E-state index in [9.17, 15) is 4.79 Å². The number of carbonyl (C=O) groups is 1. The van der Waals surface area contributed by atoms with Crippen LogP contribution in [0.2, 0.25) is 0 Å². The first-order valence-electron chi connectivity index (χ1n) is 4.84. The topological polar surface area (TPSA) is 58.6 Å². The first-order valence-corrected chi connectivity index (χ1v) is 4.84. The zero-order chi connectivity index (χ0) is 11.8. The second kappa shape index (κ2) is 6.49. The Kier molecular flexibility index (Phi) is 4.90. The fraction of sp³-hybridized carbons (Fsp3) is 0.250. The average Bonchev–Trinajstić information content (AvgIpc) is 2.29. The molecule has 0 aromatic heterocycles. The zero-order valence-corrected chi connectivity index (χ0v) is 8.77. The van der Waals surface area contributed by atoms with Crippen LogP contribution in [0, 0.1) is 12.3 Å². The molecule has 4 nitrogen and oxygen atoms in total. The van der Waals surface area contributed by atoms with Crippen LogP contribution in [0.5, 0.6) is 5.75 Å². The van der Waals surface area contributed by atoms with E-state index in [1.165, 1.54) is 12.1 Å². The normalized spacial score (nSPS) is 9.44. The maximum absolute atomic E-state index is 10.7. The SMILES string of the molecule is C#CCNCCOc1cccc(C(=O)O)c1. The Morgan fingerprint density at radius 2 is 2.38 bits per heavy atom. The van der Waals surface area contributed by atoms with Crippen molar-refractivity contribution in [2.45, 2.75) is 0 Å². The molecule has 4 heteroatoms. The Morgan fingerprint density at radius 1 is 1.56 bits per heavy atom. The summed E-state index contributed by atoms with van der Waals surface area (Å²) in [5, 5.41) is 11.7. The molecule has 0 aliphatic rings. The van der Waals surface area contributed by atoms with Crippen molar-refractivity contribution >= 4 is 5.97 Å². The maximum atomic E-state index is 10.7. The Balaban J connectivity index is 2.39. The molecule has 84 valence electrons. The molecular weight excluding hydrogens is 206 g/mol. The van der Waals surface area contributed by atoms with Gasteiger partial charge in [0.2, 0.25) is 0 Å². The Morgan fingerprint density at radius 3 is 3.06 bits per heavy atom. The summed E-state index contributed by atoms with van der Waals surface area (Å²) in [5.41, 5.74) is 0.217. The molecular formula is C12H13NO3. The van der Waals surface area contributed by atoms with Gasteiger partial charge in [0.25, 0.3) is 0 Å². The lowest BCUT2D eigenvalue weighted by Crippen LogP contribution is -2.21. The summed E-state index contributed by atoms with van der Waals surface area (Å²) in [6.45, 7) is 1.57. The number of benzene rings is 1. The zero-order valence-electron chi connectivity index (χ0n) is 8.77. The summed E-state index contributed by atoms with van der Waals surface area (Å²) in [7, 11) is 0. The lowest BCUT2D eigenvalue weighted by molar-refractivity contribution is 0.0696. The standard InChI is InChI=1S/C12H13NO3/c1-2-6-13-7-8-16-11-5-3-4-10(9-11)12(14)15/h1,3-5,9,13H,6-8H2,(H,14,15). The van der Waals surface area contributed by atoms with Crippen LogP contribution in [-0.2, 0) is 0 Å². The molecule has 0 radical (unpaired) electrons. The van der Waals surface area contributed by atoms with Gasteiger partial charge in [-0.25, -0.2) is 4.79 Å². The number of aromatic carboxylic acids is 1. The first kappa shape index (κ1) is 12.1. The number of rotatable bonds is 6. The number of ether oxygens (including phenoxy) is 1. The highest BCUT2D eigenvalue weighted by atomic mass is 16.5. The molecule has 0 saturated carbocycles. The molecule has 0 bridgehead atoms. The summed E-state index contributed by atoms with van der Waals surface area (Å²) in [6, 6.07) is 6.37. The summed E-state index contributed by atoms with van der Waals surface area (Å²) in [4.78, 5) is 10.7. The summed E-state index contributed by atoms with van der Waals surface area (Å²) in [5.74, 6) is 2.03. The van der Waals surface area contributed by atoms with Gasteiger partial charge in [0.05, 0.1) is 12.1 Å². The van der Waals surface area contributed by atoms with Crippen molar-refractivity contribution in [1.82, 2.24) is 5.32 Å². The highest BCUT2D eigenvalue weighted by Gasteiger charge is 2.03. The van der Waals surface area contributed by atoms with E-state index >= 15 is 0 Å². The minimum absolute atomic E-state index is 0.217. The Hall–Kier alpha value is -1.99. The third-order valence-electron chi connectivity index (χ3n) is 1.86. The predicted octanol–water partition coefficient (Wildman–Crippen LogP) is 0.986. The molecule has 0 heterocycles. The van der Waals surface area contributed by atoms with Gasteiger partial charge in [-0.3, -0.25) is 0 Å². The van der Waals surface area contributed by atoms with E-state index < -0.39 is 5.97 Å². The van der Waals surface area contributed by atoms with Crippen molar-refractivity contribution in [2.24, 2.45) is 0 Å². The van der Waals surface area contributed by atoms with Crippen LogP contribution in [0.3, 0.4) is 0 Å². The number of terminal acetylenes is 1. The van der Waals surface area contributed by atoms with Gasteiger partial charge in [0.1, 0.15) is 12.4 Å². The molecule has 1 rings (SSSR count). The van der Waals surface area contributed by atoms with Crippen molar-refractivity contribution in [3.8, 4) is 18.1 Å². The fourth-order valence-electron chi connectivity index (χ4n) is 1.12. The summed E-state index contributed by atoms with van der Waals surface area (Å²) < 4.78 is 5.35. The predicted molar refractivity (Wildman–Crippen MR) is 60.6 cm³/mol. The van der Waals surface area contributed by atoms with Crippen molar-refractivity contribution in [1.29, 1.82) is 0 Å². The molecule has 16 heavy (non-hydrogen) atoms. The van der Waals surface area contributed by atoms with E-state index in [0.717, 1.165) is 0 Å². The number of carboxylic acid groups (broad SMARTS) is 1. The van der Waals surface area contributed by atoms with Crippen LogP contribution in [0.15, 0.2) is 24.3 Å². The molecule has 0 atom stereocenters. The largest absolute Gasteiger partial charge is 0.492 e. The second-order valence-corrected chi connectivity index (χ2v) is 3.06. The van der Waals surface area contributed by atoms with Crippen LogP contribution in [0.1, 0.15) is 10.4 Å². The van der Waals surface area contributed by atoms with E-state index in [2.05, 4.69) is 11.2 Å². The first-order chi connectivity index (χ1) is 7.74. The van der Waals surface area contributed by atoms with Crippen LogP contribution >= 0.6 is 0 Å². The molecule has 0 spiro atoms. The Bertz CT molecular complexity index is 395. The van der Waals surface area contributed by atoms with Gasteiger partial charge in [-0.05, 0) is 18.2 Å². The lowest BCUT2D eigenvalue weighted by atomic mass is 10.2. The monoisotopic (exact) mass is 219 g/mol. The summed E-state index contributed by atoms with van der Waals surface area (Å²) in [6.07, 6.45) is 5.06. The number of hydrogen-bond acceptors (Lipinski definition) is 3. The smallest absolute Gasteiger partial charge is 0.335 e. The van der Waals surface area contributed by atoms with Gasteiger partial charge in [0.15, 0.2) is 0 Å². The van der Waals surface area contributed by atoms with Crippen LogP contribution in [-0.4, -0.2) is 30.8 Å². The van der Waals surface area contributed by atoms with Gasteiger partial charge in [-0.15, -0.1) is 6.42 Å². The number of nitrogens with one attached hydrogen (secondary N) is 1. The molecule has 0 saturated heterocycles. The number of hydrogen-bond donors (Lipinski definition) is 2. The van der Waals surface area contributed by atoms with Gasteiger partial charge < -0.3 is 15.2 Å². The molecule has 0 amide bonds. The molecule has 0 aliphatic heterocycles. The molecule has 0 unspecified atom stereocenters. The minimum Gasteiger partial charge on any atom is -0.492 e. The highest BCUT2D eigenvalue weighted by molar-refractivity contribution is 5.87. The molecule has 1 aromatic carbocycles. The van der Waals surface area contributed by atoms with Crippen molar-refractivity contribution < 1.29 is 14.6 Å². The van der Waals surface area contributed by atoms with E-state index in [1.54, 1.807) is 12.1 Å². The van der Waals surface area contributed by atoms with Crippen molar-refractivity contribution in [3.05, 3.63) is 29.8 Å². The fourth-order valence-corrected chi connectivity index (χ4v) is 1.12. The number of carboxylic acids is 1. The highest BCUT2D eigenvalue weighted by Crippen LogP contribution is 2.12. The molecule has 0 fully saturated rings. The second-order valence-electron chi connectivity index (χ2n) is 3.06. The van der Waals surface area contributed by atoms with E-state index in [1.807, 2.05) is 0 Å². The van der Waals surface area contributed by atoms with Crippen LogP contribution < -0.4 is 10.1 Å². The molecule has 0 aliphatic carbocycles. The quantitative estimate of drug-likeness (QED) is 0.553. The van der Waals surface area contributed by atoms with Crippen molar-refractivity contribution in [2.75, 3.05) is 19.7 Å². The van der Waals surface area contributed by atoms with Crippen LogP contribution in [0.25, 0.3) is 0 Å². The van der Waals surface area contributed by atoms with E-state index in [-0.39, 0.29) is 5.56 Å².